The molecule has 1 aliphatic heterocycles. The molecule has 0 amide bonds. The minimum Gasteiger partial charge on any atom is -0.497 e. The van der Waals surface area contributed by atoms with Crippen LogP contribution in [0.15, 0.2) is 18.2 Å². The van der Waals surface area contributed by atoms with Crippen molar-refractivity contribution in [2.75, 3.05) is 33.9 Å². The summed E-state index contributed by atoms with van der Waals surface area (Å²) in [4.78, 5) is 14.5. The van der Waals surface area contributed by atoms with E-state index >= 15 is 0 Å². The van der Waals surface area contributed by atoms with E-state index in [2.05, 4.69) is 4.90 Å². The Kier molecular flexibility index (Phi) is 4.98. The number of hydrogen-bond acceptors (Lipinski definition) is 5. The minimum atomic E-state index is 0.0694. The second kappa shape index (κ2) is 6.72. The van der Waals surface area contributed by atoms with Crippen LogP contribution < -0.4 is 15.2 Å². The quantitative estimate of drug-likeness (QED) is 0.823. The first-order chi connectivity index (χ1) is 9.63. The van der Waals surface area contributed by atoms with E-state index in [1.165, 1.54) is 0 Å². The first kappa shape index (κ1) is 14.8. The normalized spacial score (nSPS) is 16.9. The van der Waals surface area contributed by atoms with Crippen molar-refractivity contribution in [3.63, 3.8) is 0 Å². The van der Waals surface area contributed by atoms with E-state index in [0.717, 1.165) is 25.9 Å². The summed E-state index contributed by atoms with van der Waals surface area (Å²) >= 11 is 0. The number of nitrogens with zero attached hydrogens (tertiary/aromatic N) is 1. The van der Waals surface area contributed by atoms with Crippen LogP contribution in [0.2, 0.25) is 0 Å². The SMILES string of the molecule is COc1ccc(C(=O)CN2CCC(N)CC2)c(OC)c1. The van der Waals surface area contributed by atoms with Gasteiger partial charge in [-0.25, -0.2) is 0 Å². The first-order valence-corrected chi connectivity index (χ1v) is 6.87. The van der Waals surface area contributed by atoms with Crippen molar-refractivity contribution < 1.29 is 14.3 Å². The molecule has 0 bridgehead atoms. The lowest BCUT2D eigenvalue weighted by Gasteiger charge is -2.29. The summed E-state index contributed by atoms with van der Waals surface area (Å²) in [6, 6.07) is 5.55. The Hall–Kier alpha value is -1.59. The number of piperidine rings is 1. The third-order valence-corrected chi connectivity index (χ3v) is 3.71. The maximum atomic E-state index is 12.4. The number of benzene rings is 1. The van der Waals surface area contributed by atoms with Crippen molar-refractivity contribution in [2.45, 2.75) is 18.9 Å². The summed E-state index contributed by atoms with van der Waals surface area (Å²) in [5.74, 6) is 1.31. The lowest BCUT2D eigenvalue weighted by Crippen LogP contribution is -2.41. The molecule has 5 heteroatoms. The number of Topliss-reactive ketones (excluding diaryl/α,β-unsaturated/α-hetero) is 1. The van der Waals surface area contributed by atoms with Gasteiger partial charge in [-0.2, -0.15) is 0 Å². The molecule has 1 aromatic carbocycles. The zero-order valence-corrected chi connectivity index (χ0v) is 12.1. The zero-order chi connectivity index (χ0) is 14.5. The van der Waals surface area contributed by atoms with E-state index < -0.39 is 0 Å². The number of likely N-dealkylation sites (tertiary alicyclic amines) is 1. The summed E-state index contributed by atoms with van der Waals surface area (Å²) < 4.78 is 10.4. The molecule has 0 saturated carbocycles. The van der Waals surface area contributed by atoms with Gasteiger partial charge >= 0.3 is 0 Å². The minimum absolute atomic E-state index is 0.0694. The first-order valence-electron chi connectivity index (χ1n) is 6.87. The zero-order valence-electron chi connectivity index (χ0n) is 12.1. The molecule has 5 nitrogen and oxygen atoms in total. The molecule has 0 spiro atoms. The van der Waals surface area contributed by atoms with Gasteiger partial charge in [0, 0.05) is 25.2 Å². The number of carbonyl (C=O) groups is 1. The second-order valence-corrected chi connectivity index (χ2v) is 5.10. The van der Waals surface area contributed by atoms with E-state index in [-0.39, 0.29) is 11.8 Å². The van der Waals surface area contributed by atoms with Gasteiger partial charge in [-0.3, -0.25) is 9.69 Å². The lowest BCUT2D eigenvalue weighted by molar-refractivity contribution is 0.0907. The summed E-state index contributed by atoms with van der Waals surface area (Å²) in [6.07, 6.45) is 1.90. The Labute approximate surface area is 119 Å². The molecule has 1 heterocycles. The van der Waals surface area contributed by atoms with Crippen molar-refractivity contribution in [1.29, 1.82) is 0 Å². The van der Waals surface area contributed by atoms with E-state index in [0.29, 0.717) is 23.6 Å². The molecule has 0 radical (unpaired) electrons. The van der Waals surface area contributed by atoms with E-state index in [1.807, 2.05) is 0 Å². The third-order valence-electron chi connectivity index (χ3n) is 3.71. The standard InChI is InChI=1S/C15H22N2O3/c1-19-12-3-4-13(15(9-12)20-2)14(18)10-17-7-5-11(16)6-8-17/h3-4,9,11H,5-8,10,16H2,1-2H3. The fourth-order valence-corrected chi connectivity index (χ4v) is 2.43. The largest absolute Gasteiger partial charge is 0.497 e. The highest BCUT2D eigenvalue weighted by molar-refractivity contribution is 6.00. The van der Waals surface area contributed by atoms with E-state index in [9.17, 15) is 4.79 Å². The Morgan fingerprint density at radius 3 is 2.60 bits per heavy atom. The fraction of sp³-hybridized carbons (Fsp3) is 0.533. The average Bonchev–Trinajstić information content (AvgIpc) is 2.48. The van der Waals surface area contributed by atoms with Crippen LogP contribution in [-0.2, 0) is 0 Å². The molecule has 20 heavy (non-hydrogen) atoms. The Morgan fingerprint density at radius 1 is 1.30 bits per heavy atom. The number of ketones is 1. The fourth-order valence-electron chi connectivity index (χ4n) is 2.43. The van der Waals surface area contributed by atoms with Crippen molar-refractivity contribution in [2.24, 2.45) is 5.73 Å². The summed E-state index contributed by atoms with van der Waals surface area (Å²) in [5.41, 5.74) is 6.47. The van der Waals surface area contributed by atoms with Gasteiger partial charge in [-0.1, -0.05) is 0 Å². The molecular formula is C15H22N2O3. The van der Waals surface area contributed by atoms with Crippen LogP contribution in [-0.4, -0.2) is 50.6 Å². The smallest absolute Gasteiger partial charge is 0.180 e. The Morgan fingerprint density at radius 2 is 2.00 bits per heavy atom. The highest BCUT2D eigenvalue weighted by Crippen LogP contribution is 2.25. The number of ether oxygens (including phenoxy) is 2. The van der Waals surface area contributed by atoms with Crippen LogP contribution in [0.5, 0.6) is 11.5 Å². The molecule has 0 aromatic heterocycles. The van der Waals surface area contributed by atoms with Crippen LogP contribution >= 0.6 is 0 Å². The highest BCUT2D eigenvalue weighted by Gasteiger charge is 2.20. The number of hydrogen-bond donors (Lipinski definition) is 1. The van der Waals surface area contributed by atoms with Crippen LogP contribution in [0.1, 0.15) is 23.2 Å². The predicted octanol–water partition coefficient (Wildman–Crippen LogP) is 1.31. The molecule has 1 aromatic rings. The molecular weight excluding hydrogens is 256 g/mol. The molecule has 1 fully saturated rings. The summed E-state index contributed by atoms with van der Waals surface area (Å²) in [7, 11) is 3.15. The van der Waals surface area contributed by atoms with Gasteiger partial charge in [0.15, 0.2) is 5.78 Å². The van der Waals surface area contributed by atoms with Crippen molar-refractivity contribution in [3.05, 3.63) is 23.8 Å². The molecule has 110 valence electrons. The van der Waals surface area contributed by atoms with E-state index in [1.54, 1.807) is 32.4 Å². The monoisotopic (exact) mass is 278 g/mol. The number of nitrogens with two attached hydrogens (primary N) is 1. The van der Waals surface area contributed by atoms with Gasteiger partial charge < -0.3 is 15.2 Å². The molecule has 2 N–H and O–H groups in total. The molecule has 0 atom stereocenters. The van der Waals surface area contributed by atoms with Gasteiger partial charge in [-0.15, -0.1) is 0 Å². The van der Waals surface area contributed by atoms with Crippen molar-refractivity contribution >= 4 is 5.78 Å². The van der Waals surface area contributed by atoms with Gasteiger partial charge in [0.1, 0.15) is 11.5 Å². The number of rotatable bonds is 5. The number of carbonyl (C=O) groups excluding carboxylic acids is 1. The molecule has 0 unspecified atom stereocenters. The highest BCUT2D eigenvalue weighted by atomic mass is 16.5. The predicted molar refractivity (Wildman–Crippen MR) is 77.5 cm³/mol. The molecule has 1 aliphatic rings. The summed E-state index contributed by atoms with van der Waals surface area (Å²) in [5, 5.41) is 0. The van der Waals surface area contributed by atoms with Crippen LogP contribution in [0.4, 0.5) is 0 Å². The third kappa shape index (κ3) is 3.49. The Bertz CT molecular complexity index is 468. The molecule has 2 rings (SSSR count). The van der Waals surface area contributed by atoms with Gasteiger partial charge in [-0.05, 0) is 25.0 Å². The van der Waals surface area contributed by atoms with Crippen LogP contribution in [0, 0.1) is 0 Å². The molecule has 0 aliphatic carbocycles. The van der Waals surface area contributed by atoms with Gasteiger partial charge in [0.2, 0.25) is 0 Å². The van der Waals surface area contributed by atoms with Gasteiger partial charge in [0.25, 0.3) is 0 Å². The number of methoxy groups -OCH3 is 2. The maximum absolute atomic E-state index is 12.4. The van der Waals surface area contributed by atoms with Crippen molar-refractivity contribution in [3.8, 4) is 11.5 Å². The van der Waals surface area contributed by atoms with Crippen LogP contribution in [0.25, 0.3) is 0 Å². The maximum Gasteiger partial charge on any atom is 0.180 e. The van der Waals surface area contributed by atoms with Crippen molar-refractivity contribution in [1.82, 2.24) is 4.90 Å². The summed E-state index contributed by atoms with van der Waals surface area (Å²) in [6.45, 7) is 2.17. The topological polar surface area (TPSA) is 64.8 Å². The van der Waals surface area contributed by atoms with Gasteiger partial charge in [0.05, 0.1) is 26.3 Å². The molecule has 1 saturated heterocycles. The Balaban J connectivity index is 2.05. The van der Waals surface area contributed by atoms with E-state index in [4.69, 9.17) is 15.2 Å². The second-order valence-electron chi connectivity index (χ2n) is 5.10. The van der Waals surface area contributed by atoms with Crippen LogP contribution in [0.3, 0.4) is 0 Å². The average molecular weight is 278 g/mol. The lowest BCUT2D eigenvalue weighted by atomic mass is 10.0.